The first kappa shape index (κ1) is 21.1. The number of carboxylic acids is 1. The summed E-state index contributed by atoms with van der Waals surface area (Å²) in [7, 11) is 0. The van der Waals surface area contributed by atoms with Crippen molar-refractivity contribution in [1.82, 2.24) is 5.32 Å². The molecule has 0 saturated carbocycles. The van der Waals surface area contributed by atoms with Crippen LogP contribution in [0.1, 0.15) is 36.5 Å². The Morgan fingerprint density at radius 2 is 1.89 bits per heavy atom. The maximum absolute atomic E-state index is 12.7. The van der Waals surface area contributed by atoms with Crippen molar-refractivity contribution < 1.29 is 14.7 Å². The van der Waals surface area contributed by atoms with E-state index in [9.17, 15) is 14.7 Å². The molecule has 0 bridgehead atoms. The molecule has 0 aliphatic rings. The molecular weight excluding hydrogens is 362 g/mol. The van der Waals surface area contributed by atoms with Crippen LogP contribution in [0.15, 0.2) is 36.4 Å². The number of rotatable bonds is 10. The van der Waals surface area contributed by atoms with Crippen molar-refractivity contribution in [2.45, 2.75) is 38.3 Å². The number of benzene rings is 2. The number of anilines is 1. The zero-order valence-electron chi connectivity index (χ0n) is 15.4. The SMILES string of the molecule is CCCC[C@H](NC(=O)c1cccc2c(NC[C@@H](N)CS)cccc12)C(=O)O. The van der Waals surface area contributed by atoms with Gasteiger partial charge in [0.25, 0.3) is 5.91 Å². The number of carboxylic acid groups (broad SMARTS) is 1. The summed E-state index contributed by atoms with van der Waals surface area (Å²) in [4.78, 5) is 24.2. The zero-order valence-corrected chi connectivity index (χ0v) is 16.3. The summed E-state index contributed by atoms with van der Waals surface area (Å²) < 4.78 is 0. The van der Waals surface area contributed by atoms with E-state index in [0.717, 1.165) is 29.3 Å². The number of nitrogens with two attached hydrogens (primary N) is 1. The van der Waals surface area contributed by atoms with Gasteiger partial charge in [-0.1, -0.05) is 44.0 Å². The third-order valence-electron chi connectivity index (χ3n) is 4.41. The maximum Gasteiger partial charge on any atom is 0.326 e. The minimum atomic E-state index is -1.01. The summed E-state index contributed by atoms with van der Waals surface area (Å²) >= 11 is 4.19. The molecule has 7 heteroatoms. The third kappa shape index (κ3) is 5.61. The Hall–Kier alpha value is -2.25. The first-order chi connectivity index (χ1) is 13.0. The predicted molar refractivity (Wildman–Crippen MR) is 113 cm³/mol. The summed E-state index contributed by atoms with van der Waals surface area (Å²) in [5, 5.41) is 16.9. The predicted octanol–water partition coefficient (Wildman–Crippen LogP) is 2.88. The molecule has 0 unspecified atom stereocenters. The van der Waals surface area contributed by atoms with Crippen LogP contribution in [-0.4, -0.2) is 41.4 Å². The first-order valence-corrected chi connectivity index (χ1v) is 9.76. The minimum absolute atomic E-state index is 0.0787. The highest BCUT2D eigenvalue weighted by Crippen LogP contribution is 2.26. The molecule has 1 amide bonds. The minimum Gasteiger partial charge on any atom is -0.480 e. The van der Waals surface area contributed by atoms with Crippen molar-refractivity contribution in [3.05, 3.63) is 42.0 Å². The molecule has 146 valence electrons. The van der Waals surface area contributed by atoms with Crippen LogP contribution < -0.4 is 16.4 Å². The number of thiol groups is 1. The van der Waals surface area contributed by atoms with E-state index >= 15 is 0 Å². The van der Waals surface area contributed by atoms with E-state index in [4.69, 9.17) is 5.73 Å². The molecule has 5 N–H and O–H groups in total. The maximum atomic E-state index is 12.7. The lowest BCUT2D eigenvalue weighted by Gasteiger charge is -2.17. The van der Waals surface area contributed by atoms with E-state index in [-0.39, 0.29) is 11.9 Å². The normalized spacial score (nSPS) is 13.1. The van der Waals surface area contributed by atoms with Gasteiger partial charge in [0.2, 0.25) is 0 Å². The van der Waals surface area contributed by atoms with Gasteiger partial charge in [-0.25, -0.2) is 4.79 Å². The van der Waals surface area contributed by atoms with Gasteiger partial charge in [-0.05, 0) is 23.9 Å². The van der Waals surface area contributed by atoms with Crippen LogP contribution >= 0.6 is 12.6 Å². The van der Waals surface area contributed by atoms with Gasteiger partial charge in [0.05, 0.1) is 0 Å². The number of nitrogens with one attached hydrogen (secondary N) is 2. The molecule has 0 aliphatic heterocycles. The second-order valence-electron chi connectivity index (χ2n) is 6.54. The van der Waals surface area contributed by atoms with Crippen molar-refractivity contribution in [2.75, 3.05) is 17.6 Å². The molecule has 6 nitrogen and oxygen atoms in total. The number of hydrogen-bond acceptors (Lipinski definition) is 5. The lowest BCUT2D eigenvalue weighted by Crippen LogP contribution is -2.40. The molecule has 2 rings (SSSR count). The molecule has 0 spiro atoms. The number of unbranched alkanes of at least 4 members (excludes halogenated alkanes) is 1. The van der Waals surface area contributed by atoms with E-state index in [1.54, 1.807) is 12.1 Å². The molecule has 0 radical (unpaired) electrons. The largest absolute Gasteiger partial charge is 0.480 e. The van der Waals surface area contributed by atoms with Crippen molar-refractivity contribution in [1.29, 1.82) is 0 Å². The van der Waals surface area contributed by atoms with Gasteiger partial charge in [-0.3, -0.25) is 4.79 Å². The van der Waals surface area contributed by atoms with E-state index in [1.807, 2.05) is 31.2 Å². The zero-order chi connectivity index (χ0) is 19.8. The van der Waals surface area contributed by atoms with Gasteiger partial charge >= 0.3 is 5.97 Å². The van der Waals surface area contributed by atoms with E-state index in [1.165, 1.54) is 0 Å². The Morgan fingerprint density at radius 1 is 1.19 bits per heavy atom. The number of carbonyl (C=O) groups is 2. The smallest absolute Gasteiger partial charge is 0.326 e. The van der Waals surface area contributed by atoms with Crippen LogP contribution in [0, 0.1) is 0 Å². The Balaban J connectivity index is 2.27. The lowest BCUT2D eigenvalue weighted by molar-refractivity contribution is -0.139. The highest BCUT2D eigenvalue weighted by molar-refractivity contribution is 7.80. The molecule has 0 saturated heterocycles. The fraction of sp³-hybridized carbons (Fsp3) is 0.400. The molecule has 0 aromatic heterocycles. The first-order valence-electron chi connectivity index (χ1n) is 9.13. The van der Waals surface area contributed by atoms with Crippen LogP contribution in [0.3, 0.4) is 0 Å². The van der Waals surface area contributed by atoms with E-state index in [2.05, 4.69) is 23.3 Å². The van der Waals surface area contributed by atoms with Crippen LogP contribution in [0.5, 0.6) is 0 Å². The fourth-order valence-corrected chi connectivity index (χ4v) is 3.00. The van der Waals surface area contributed by atoms with Crippen molar-refractivity contribution in [2.24, 2.45) is 5.73 Å². The molecule has 27 heavy (non-hydrogen) atoms. The van der Waals surface area contributed by atoms with Gasteiger partial charge in [0.1, 0.15) is 6.04 Å². The van der Waals surface area contributed by atoms with Gasteiger partial charge < -0.3 is 21.5 Å². The topological polar surface area (TPSA) is 104 Å². The highest BCUT2D eigenvalue weighted by atomic mass is 32.1. The molecule has 0 fully saturated rings. The van der Waals surface area contributed by atoms with Gasteiger partial charge in [-0.2, -0.15) is 12.6 Å². The number of aliphatic carboxylic acids is 1. The Morgan fingerprint density at radius 3 is 2.56 bits per heavy atom. The summed E-state index contributed by atoms with van der Waals surface area (Å²) in [6.07, 6.45) is 2.03. The average molecular weight is 390 g/mol. The van der Waals surface area contributed by atoms with E-state index in [0.29, 0.717) is 24.3 Å². The Labute approximate surface area is 164 Å². The lowest BCUT2D eigenvalue weighted by atomic mass is 10.0. The quantitative estimate of drug-likeness (QED) is 0.402. The number of hydrogen-bond donors (Lipinski definition) is 5. The van der Waals surface area contributed by atoms with Crippen LogP contribution in [0.25, 0.3) is 10.8 Å². The number of fused-ring (bicyclic) bond motifs is 1. The molecule has 2 atom stereocenters. The van der Waals surface area contributed by atoms with Crippen LogP contribution in [-0.2, 0) is 4.79 Å². The van der Waals surface area contributed by atoms with Gasteiger partial charge in [-0.15, -0.1) is 0 Å². The van der Waals surface area contributed by atoms with Crippen LogP contribution in [0.4, 0.5) is 5.69 Å². The molecule has 0 heterocycles. The summed E-state index contributed by atoms with van der Waals surface area (Å²) in [6, 6.07) is 10.1. The van der Waals surface area contributed by atoms with Crippen molar-refractivity contribution in [3.8, 4) is 0 Å². The Bertz CT molecular complexity index is 797. The number of amides is 1. The fourth-order valence-electron chi connectivity index (χ4n) is 2.87. The highest BCUT2D eigenvalue weighted by Gasteiger charge is 2.21. The summed E-state index contributed by atoms with van der Waals surface area (Å²) in [5.74, 6) is -0.826. The summed E-state index contributed by atoms with van der Waals surface area (Å²) in [5.41, 5.74) is 7.24. The van der Waals surface area contributed by atoms with Crippen molar-refractivity contribution in [3.63, 3.8) is 0 Å². The average Bonchev–Trinajstić information content (AvgIpc) is 2.68. The van der Waals surface area contributed by atoms with Crippen LogP contribution in [0.2, 0.25) is 0 Å². The van der Waals surface area contributed by atoms with Crippen molar-refractivity contribution >= 4 is 41.0 Å². The van der Waals surface area contributed by atoms with Gasteiger partial charge in [0, 0.05) is 35.0 Å². The standard InChI is InChI=1S/C20H27N3O3S/c1-2-3-9-18(20(25)26)23-19(24)16-8-4-7-15-14(16)6-5-10-17(15)22-11-13(21)12-27/h4-8,10,13,18,22,27H,2-3,9,11-12,21H2,1H3,(H,23,24)(H,25,26)/t13-,18+/m1/s1. The molecule has 2 aromatic carbocycles. The van der Waals surface area contributed by atoms with E-state index < -0.39 is 12.0 Å². The molecule has 0 aliphatic carbocycles. The second-order valence-corrected chi connectivity index (χ2v) is 6.90. The second kappa shape index (κ2) is 10.2. The molecular formula is C20H27N3O3S. The molecule has 2 aromatic rings. The monoisotopic (exact) mass is 389 g/mol. The Kier molecular flexibility index (Phi) is 7.94. The number of carbonyl (C=O) groups excluding carboxylic acids is 1. The van der Waals surface area contributed by atoms with Gasteiger partial charge in [0.15, 0.2) is 0 Å². The third-order valence-corrected chi connectivity index (χ3v) is 4.87. The summed E-state index contributed by atoms with van der Waals surface area (Å²) in [6.45, 7) is 2.55.